The molecule has 2 saturated heterocycles. The molecule has 0 amide bonds. The zero-order valence-corrected chi connectivity index (χ0v) is 15.4. The summed E-state index contributed by atoms with van der Waals surface area (Å²) < 4.78 is 11.4. The van der Waals surface area contributed by atoms with Gasteiger partial charge in [-0.1, -0.05) is 26.0 Å². The zero-order chi connectivity index (χ0) is 16.9. The number of hydrogen-bond acceptors (Lipinski definition) is 4. The average Bonchev–Trinajstić information content (AvgIpc) is 2.63. The Morgan fingerprint density at radius 3 is 2.50 bits per heavy atom. The fraction of sp³-hybridized carbons (Fsp3) is 0.700. The topological polar surface area (TPSA) is 33.7 Å². The molecule has 4 heteroatoms. The fourth-order valence-corrected chi connectivity index (χ4v) is 4.08. The SMILES string of the molecule is COc1ccc(C(C)C)cc1[C@@H](C1CCOCC1)N1CCNCC1. The third kappa shape index (κ3) is 3.93. The minimum Gasteiger partial charge on any atom is -0.496 e. The van der Waals surface area contributed by atoms with Crippen LogP contribution >= 0.6 is 0 Å². The molecule has 0 unspecified atom stereocenters. The summed E-state index contributed by atoms with van der Waals surface area (Å²) in [6.07, 6.45) is 2.29. The molecule has 0 saturated carbocycles. The highest BCUT2D eigenvalue weighted by Crippen LogP contribution is 2.40. The van der Waals surface area contributed by atoms with Crippen LogP contribution in [0.3, 0.4) is 0 Å². The van der Waals surface area contributed by atoms with Gasteiger partial charge in [0.1, 0.15) is 5.75 Å². The second-order valence-electron chi connectivity index (χ2n) is 7.34. The van der Waals surface area contributed by atoms with Crippen molar-refractivity contribution >= 4 is 0 Å². The van der Waals surface area contributed by atoms with Crippen molar-refractivity contribution < 1.29 is 9.47 Å². The second-order valence-corrected chi connectivity index (χ2v) is 7.34. The van der Waals surface area contributed by atoms with Crippen LogP contribution in [0.1, 0.15) is 49.8 Å². The van der Waals surface area contributed by atoms with Crippen molar-refractivity contribution in [1.82, 2.24) is 10.2 Å². The van der Waals surface area contributed by atoms with Gasteiger partial charge in [0.25, 0.3) is 0 Å². The first-order chi connectivity index (χ1) is 11.7. The summed E-state index contributed by atoms with van der Waals surface area (Å²) in [5.41, 5.74) is 2.77. The molecule has 3 rings (SSSR count). The Bertz CT molecular complexity index is 502. The fourth-order valence-electron chi connectivity index (χ4n) is 4.08. The van der Waals surface area contributed by atoms with E-state index in [9.17, 15) is 0 Å². The molecule has 2 aliphatic rings. The highest BCUT2D eigenvalue weighted by atomic mass is 16.5. The summed E-state index contributed by atoms with van der Waals surface area (Å²) >= 11 is 0. The van der Waals surface area contributed by atoms with E-state index in [2.05, 4.69) is 42.3 Å². The third-order valence-electron chi connectivity index (χ3n) is 5.50. The normalized spacial score (nSPS) is 21.8. The average molecular weight is 332 g/mol. The Hall–Kier alpha value is -1.10. The van der Waals surface area contributed by atoms with Crippen LogP contribution in [-0.2, 0) is 4.74 Å². The predicted molar refractivity (Wildman–Crippen MR) is 97.8 cm³/mol. The van der Waals surface area contributed by atoms with Crippen molar-refractivity contribution in [1.29, 1.82) is 0 Å². The molecular formula is C20H32N2O2. The van der Waals surface area contributed by atoms with Crippen LogP contribution < -0.4 is 10.1 Å². The molecule has 24 heavy (non-hydrogen) atoms. The number of nitrogens with zero attached hydrogens (tertiary/aromatic N) is 1. The predicted octanol–water partition coefficient (Wildman–Crippen LogP) is 3.19. The molecule has 2 fully saturated rings. The van der Waals surface area contributed by atoms with Crippen molar-refractivity contribution in [3.05, 3.63) is 29.3 Å². The van der Waals surface area contributed by atoms with Gasteiger partial charge in [-0.05, 0) is 36.3 Å². The number of piperazine rings is 1. The van der Waals surface area contributed by atoms with Gasteiger partial charge in [0.05, 0.1) is 7.11 Å². The standard InChI is InChI=1S/C20H32N2O2/c1-15(2)17-4-5-19(23-3)18(14-17)20(16-6-12-24-13-7-16)22-10-8-21-9-11-22/h4-5,14-16,20-21H,6-13H2,1-3H3/t20-/m1/s1. The summed E-state index contributed by atoms with van der Waals surface area (Å²) in [5, 5.41) is 3.48. The van der Waals surface area contributed by atoms with Gasteiger partial charge < -0.3 is 14.8 Å². The minimum absolute atomic E-state index is 0.435. The van der Waals surface area contributed by atoms with Crippen LogP contribution in [0, 0.1) is 5.92 Å². The van der Waals surface area contributed by atoms with Crippen LogP contribution in [0.5, 0.6) is 5.75 Å². The number of methoxy groups -OCH3 is 1. The molecule has 1 N–H and O–H groups in total. The van der Waals surface area contributed by atoms with Crippen LogP contribution in [0.25, 0.3) is 0 Å². The Morgan fingerprint density at radius 1 is 1.17 bits per heavy atom. The second kappa shape index (κ2) is 8.32. The highest BCUT2D eigenvalue weighted by Gasteiger charge is 2.33. The minimum atomic E-state index is 0.435. The Balaban J connectivity index is 1.98. The lowest BCUT2D eigenvalue weighted by Gasteiger charge is -2.41. The van der Waals surface area contributed by atoms with Crippen molar-refractivity contribution in [2.75, 3.05) is 46.5 Å². The molecule has 0 aromatic heterocycles. The van der Waals surface area contributed by atoms with Crippen molar-refractivity contribution in [2.24, 2.45) is 5.92 Å². The lowest BCUT2D eigenvalue weighted by Crippen LogP contribution is -2.47. The quantitative estimate of drug-likeness (QED) is 0.898. The number of ether oxygens (including phenoxy) is 2. The van der Waals surface area contributed by atoms with E-state index >= 15 is 0 Å². The molecule has 1 atom stereocenters. The lowest BCUT2D eigenvalue weighted by molar-refractivity contribution is 0.0206. The van der Waals surface area contributed by atoms with Gasteiger partial charge in [0.2, 0.25) is 0 Å². The molecule has 2 aliphatic heterocycles. The first-order valence-corrected chi connectivity index (χ1v) is 9.41. The van der Waals surface area contributed by atoms with Crippen LogP contribution in [0.4, 0.5) is 0 Å². The Labute approximate surface area is 146 Å². The van der Waals surface area contributed by atoms with Gasteiger partial charge in [-0.25, -0.2) is 0 Å². The van der Waals surface area contributed by atoms with E-state index in [1.165, 1.54) is 11.1 Å². The number of rotatable bonds is 5. The molecule has 0 aliphatic carbocycles. The van der Waals surface area contributed by atoms with Crippen molar-refractivity contribution in [2.45, 2.75) is 38.6 Å². The highest BCUT2D eigenvalue weighted by molar-refractivity contribution is 5.41. The number of hydrogen-bond donors (Lipinski definition) is 1. The van der Waals surface area contributed by atoms with Crippen LogP contribution in [0.2, 0.25) is 0 Å². The summed E-state index contributed by atoms with van der Waals surface area (Å²) in [5.74, 6) is 2.22. The van der Waals surface area contributed by atoms with E-state index in [4.69, 9.17) is 9.47 Å². The summed E-state index contributed by atoms with van der Waals surface area (Å²) in [4.78, 5) is 2.66. The molecule has 4 nitrogen and oxygen atoms in total. The first-order valence-electron chi connectivity index (χ1n) is 9.41. The molecule has 134 valence electrons. The van der Waals surface area contributed by atoms with Gasteiger partial charge in [-0.15, -0.1) is 0 Å². The van der Waals surface area contributed by atoms with Gasteiger partial charge >= 0.3 is 0 Å². The van der Waals surface area contributed by atoms with E-state index in [-0.39, 0.29) is 0 Å². The van der Waals surface area contributed by atoms with Crippen LogP contribution in [0.15, 0.2) is 18.2 Å². The number of benzene rings is 1. The maximum absolute atomic E-state index is 5.77. The monoisotopic (exact) mass is 332 g/mol. The number of nitrogens with one attached hydrogen (secondary N) is 1. The zero-order valence-electron chi connectivity index (χ0n) is 15.4. The van der Waals surface area contributed by atoms with Gasteiger partial charge in [0, 0.05) is 51.0 Å². The van der Waals surface area contributed by atoms with E-state index in [1.807, 2.05) is 0 Å². The summed E-state index contributed by atoms with van der Waals surface area (Å²) in [6.45, 7) is 10.7. The molecule has 0 bridgehead atoms. The molecule has 0 spiro atoms. The van der Waals surface area contributed by atoms with Crippen LogP contribution in [-0.4, -0.2) is 51.4 Å². The first kappa shape index (κ1) is 17.7. The molecule has 1 aromatic rings. The smallest absolute Gasteiger partial charge is 0.123 e. The summed E-state index contributed by atoms with van der Waals surface area (Å²) in [6, 6.07) is 7.21. The maximum Gasteiger partial charge on any atom is 0.123 e. The van der Waals surface area contributed by atoms with Crippen molar-refractivity contribution in [3.8, 4) is 5.75 Å². The Morgan fingerprint density at radius 2 is 1.88 bits per heavy atom. The van der Waals surface area contributed by atoms with E-state index < -0.39 is 0 Å². The molecule has 1 aromatic carbocycles. The molecule has 2 heterocycles. The van der Waals surface area contributed by atoms with E-state index in [1.54, 1.807) is 7.11 Å². The summed E-state index contributed by atoms with van der Waals surface area (Å²) in [7, 11) is 1.80. The van der Waals surface area contributed by atoms with Crippen molar-refractivity contribution in [3.63, 3.8) is 0 Å². The molecule has 0 radical (unpaired) electrons. The van der Waals surface area contributed by atoms with E-state index in [0.717, 1.165) is 58.0 Å². The van der Waals surface area contributed by atoms with Gasteiger partial charge in [0.15, 0.2) is 0 Å². The van der Waals surface area contributed by atoms with Gasteiger partial charge in [-0.3, -0.25) is 4.90 Å². The third-order valence-corrected chi connectivity index (χ3v) is 5.50. The molecular weight excluding hydrogens is 300 g/mol. The van der Waals surface area contributed by atoms with Gasteiger partial charge in [-0.2, -0.15) is 0 Å². The maximum atomic E-state index is 5.77. The lowest BCUT2D eigenvalue weighted by atomic mass is 9.84. The Kier molecular flexibility index (Phi) is 6.14. The largest absolute Gasteiger partial charge is 0.496 e. The van der Waals surface area contributed by atoms with E-state index in [0.29, 0.717) is 17.9 Å².